The standard InChI is InChI=1S/C22H23N5O2/c1-16-5-4-6-17(15-16)22(28)24-21-10-9-20(25-26-21)23-18-7-2-3-8-19(18)27-11-13-29-14-12-27/h2-10,15H,11-14H2,1H3,(H,23,25)(H,24,26,28). The first kappa shape index (κ1) is 18.9. The summed E-state index contributed by atoms with van der Waals surface area (Å²) in [6.45, 7) is 5.11. The molecule has 2 heterocycles. The van der Waals surface area contributed by atoms with Gasteiger partial charge in [-0.25, -0.2) is 0 Å². The summed E-state index contributed by atoms with van der Waals surface area (Å²) in [4.78, 5) is 14.6. The number of para-hydroxylation sites is 2. The molecular weight excluding hydrogens is 366 g/mol. The van der Waals surface area contributed by atoms with E-state index in [9.17, 15) is 4.79 Å². The van der Waals surface area contributed by atoms with Crippen molar-refractivity contribution in [3.63, 3.8) is 0 Å². The molecule has 7 nitrogen and oxygen atoms in total. The third-order valence-electron chi connectivity index (χ3n) is 4.70. The lowest BCUT2D eigenvalue weighted by molar-refractivity contribution is 0.102. The number of carbonyl (C=O) groups is 1. The molecule has 0 atom stereocenters. The maximum Gasteiger partial charge on any atom is 0.256 e. The predicted octanol–water partition coefficient (Wildman–Crippen LogP) is 3.62. The summed E-state index contributed by atoms with van der Waals surface area (Å²) in [6, 6.07) is 19.0. The number of anilines is 4. The van der Waals surface area contributed by atoms with E-state index in [1.54, 1.807) is 18.2 Å². The lowest BCUT2D eigenvalue weighted by atomic mass is 10.1. The lowest BCUT2D eigenvalue weighted by Gasteiger charge is -2.30. The van der Waals surface area contributed by atoms with Gasteiger partial charge in [0.25, 0.3) is 5.91 Å². The molecule has 7 heteroatoms. The second kappa shape index (κ2) is 8.70. The van der Waals surface area contributed by atoms with Gasteiger partial charge >= 0.3 is 0 Å². The average molecular weight is 389 g/mol. The Labute approximate surface area is 169 Å². The van der Waals surface area contributed by atoms with E-state index in [2.05, 4.69) is 31.8 Å². The minimum atomic E-state index is -0.207. The van der Waals surface area contributed by atoms with Gasteiger partial charge in [-0.3, -0.25) is 4.79 Å². The molecule has 2 N–H and O–H groups in total. The molecule has 4 rings (SSSR count). The van der Waals surface area contributed by atoms with Crippen LogP contribution in [0.1, 0.15) is 15.9 Å². The molecule has 0 radical (unpaired) electrons. The van der Waals surface area contributed by atoms with Crippen LogP contribution in [0.3, 0.4) is 0 Å². The number of carbonyl (C=O) groups excluding carboxylic acids is 1. The number of morpholine rings is 1. The third kappa shape index (κ3) is 4.70. The van der Waals surface area contributed by atoms with Gasteiger partial charge in [0.2, 0.25) is 0 Å². The van der Waals surface area contributed by atoms with Crippen molar-refractivity contribution in [2.24, 2.45) is 0 Å². The number of hydrogen-bond acceptors (Lipinski definition) is 6. The molecular formula is C22H23N5O2. The van der Waals surface area contributed by atoms with Crippen molar-refractivity contribution in [1.29, 1.82) is 0 Å². The molecule has 0 saturated carbocycles. The zero-order valence-corrected chi connectivity index (χ0v) is 16.3. The van der Waals surface area contributed by atoms with Crippen molar-refractivity contribution < 1.29 is 9.53 Å². The van der Waals surface area contributed by atoms with E-state index in [1.165, 1.54) is 0 Å². The van der Waals surface area contributed by atoms with Gasteiger partial charge in [-0.15, -0.1) is 10.2 Å². The lowest BCUT2D eigenvalue weighted by Crippen LogP contribution is -2.36. The highest BCUT2D eigenvalue weighted by Crippen LogP contribution is 2.28. The second-order valence-corrected chi connectivity index (χ2v) is 6.87. The van der Waals surface area contributed by atoms with E-state index in [1.807, 2.05) is 43.3 Å². The number of nitrogens with zero attached hydrogens (tertiary/aromatic N) is 3. The van der Waals surface area contributed by atoms with E-state index >= 15 is 0 Å². The van der Waals surface area contributed by atoms with Crippen LogP contribution in [-0.2, 0) is 4.74 Å². The predicted molar refractivity (Wildman–Crippen MR) is 114 cm³/mol. The number of hydrogen-bond donors (Lipinski definition) is 2. The largest absolute Gasteiger partial charge is 0.378 e. The molecule has 1 aliphatic heterocycles. The molecule has 0 spiro atoms. The molecule has 29 heavy (non-hydrogen) atoms. The first-order valence-electron chi connectivity index (χ1n) is 9.59. The van der Waals surface area contributed by atoms with Gasteiger partial charge < -0.3 is 20.3 Å². The van der Waals surface area contributed by atoms with Gasteiger partial charge in [-0.05, 0) is 43.3 Å². The van der Waals surface area contributed by atoms with Crippen LogP contribution in [0.15, 0.2) is 60.7 Å². The molecule has 1 amide bonds. The summed E-state index contributed by atoms with van der Waals surface area (Å²) in [5, 5.41) is 14.4. The SMILES string of the molecule is Cc1cccc(C(=O)Nc2ccc(Nc3ccccc3N3CCOCC3)nn2)c1. The van der Waals surface area contributed by atoms with Gasteiger partial charge in [0.15, 0.2) is 11.6 Å². The zero-order chi connectivity index (χ0) is 20.1. The maximum atomic E-state index is 12.4. The highest BCUT2D eigenvalue weighted by molar-refractivity contribution is 6.03. The quantitative estimate of drug-likeness (QED) is 0.694. The molecule has 1 aliphatic rings. The molecule has 0 aliphatic carbocycles. The van der Waals surface area contributed by atoms with E-state index in [4.69, 9.17) is 4.74 Å². The average Bonchev–Trinajstić information content (AvgIpc) is 2.76. The van der Waals surface area contributed by atoms with Crippen LogP contribution in [0, 0.1) is 6.92 Å². The van der Waals surface area contributed by atoms with Crippen molar-refractivity contribution in [3.05, 3.63) is 71.8 Å². The van der Waals surface area contributed by atoms with Crippen molar-refractivity contribution in [1.82, 2.24) is 10.2 Å². The van der Waals surface area contributed by atoms with E-state index in [0.717, 1.165) is 43.2 Å². The molecule has 148 valence electrons. The van der Waals surface area contributed by atoms with E-state index < -0.39 is 0 Å². The van der Waals surface area contributed by atoms with Crippen LogP contribution in [0.4, 0.5) is 23.0 Å². The minimum absolute atomic E-state index is 0.207. The Morgan fingerprint density at radius 1 is 0.966 bits per heavy atom. The normalized spacial score (nSPS) is 13.8. The molecule has 2 aromatic carbocycles. The highest BCUT2D eigenvalue weighted by Gasteiger charge is 2.15. The molecule has 1 aromatic heterocycles. The Balaban J connectivity index is 1.44. The summed E-state index contributed by atoms with van der Waals surface area (Å²) in [5.74, 6) is 0.809. The minimum Gasteiger partial charge on any atom is -0.378 e. The summed E-state index contributed by atoms with van der Waals surface area (Å²) < 4.78 is 5.44. The number of nitrogens with one attached hydrogen (secondary N) is 2. The van der Waals surface area contributed by atoms with Crippen LogP contribution >= 0.6 is 0 Å². The van der Waals surface area contributed by atoms with Gasteiger partial charge in [-0.2, -0.15) is 0 Å². The fraction of sp³-hybridized carbons (Fsp3) is 0.227. The summed E-state index contributed by atoms with van der Waals surface area (Å²) in [6.07, 6.45) is 0. The molecule has 1 saturated heterocycles. The zero-order valence-electron chi connectivity index (χ0n) is 16.3. The topological polar surface area (TPSA) is 79.4 Å². The van der Waals surface area contributed by atoms with Gasteiger partial charge in [-0.1, -0.05) is 29.8 Å². The van der Waals surface area contributed by atoms with Crippen molar-refractivity contribution in [2.45, 2.75) is 6.92 Å². The van der Waals surface area contributed by atoms with Crippen LogP contribution in [0.5, 0.6) is 0 Å². The number of aromatic nitrogens is 2. The Hall–Kier alpha value is -3.45. The fourth-order valence-corrected chi connectivity index (χ4v) is 3.24. The highest BCUT2D eigenvalue weighted by atomic mass is 16.5. The summed E-state index contributed by atoms with van der Waals surface area (Å²) in [7, 11) is 0. The fourth-order valence-electron chi connectivity index (χ4n) is 3.24. The van der Waals surface area contributed by atoms with Gasteiger partial charge in [0.05, 0.1) is 24.6 Å². The monoisotopic (exact) mass is 389 g/mol. The molecule has 1 fully saturated rings. The number of amides is 1. The summed E-state index contributed by atoms with van der Waals surface area (Å²) in [5.41, 5.74) is 3.69. The number of rotatable bonds is 5. The Bertz CT molecular complexity index is 985. The van der Waals surface area contributed by atoms with Crippen LogP contribution in [-0.4, -0.2) is 42.4 Å². The molecule has 0 bridgehead atoms. The molecule has 0 unspecified atom stereocenters. The number of aryl methyl sites for hydroxylation is 1. The number of ether oxygens (including phenoxy) is 1. The smallest absolute Gasteiger partial charge is 0.256 e. The van der Waals surface area contributed by atoms with Crippen LogP contribution in [0.25, 0.3) is 0 Å². The third-order valence-corrected chi connectivity index (χ3v) is 4.70. The van der Waals surface area contributed by atoms with E-state index in [-0.39, 0.29) is 5.91 Å². The van der Waals surface area contributed by atoms with E-state index in [0.29, 0.717) is 17.2 Å². The summed E-state index contributed by atoms with van der Waals surface area (Å²) >= 11 is 0. The molecule has 3 aromatic rings. The van der Waals surface area contributed by atoms with Gasteiger partial charge in [0.1, 0.15) is 0 Å². The maximum absolute atomic E-state index is 12.4. The van der Waals surface area contributed by atoms with Crippen molar-refractivity contribution in [3.8, 4) is 0 Å². The Morgan fingerprint density at radius 2 is 1.72 bits per heavy atom. The Kier molecular flexibility index (Phi) is 5.67. The van der Waals surface area contributed by atoms with Gasteiger partial charge in [0, 0.05) is 18.7 Å². The first-order chi connectivity index (χ1) is 14.2. The van der Waals surface area contributed by atoms with Crippen molar-refractivity contribution in [2.75, 3.05) is 41.8 Å². The Morgan fingerprint density at radius 3 is 2.48 bits per heavy atom. The first-order valence-corrected chi connectivity index (χ1v) is 9.59. The second-order valence-electron chi connectivity index (χ2n) is 6.87. The van der Waals surface area contributed by atoms with Crippen LogP contribution < -0.4 is 15.5 Å². The van der Waals surface area contributed by atoms with Crippen LogP contribution in [0.2, 0.25) is 0 Å². The van der Waals surface area contributed by atoms with Crippen molar-refractivity contribution >= 4 is 28.9 Å². The number of benzene rings is 2.